The zero-order chi connectivity index (χ0) is 25.1. The number of aromatic nitrogens is 1. The summed E-state index contributed by atoms with van der Waals surface area (Å²) in [6.07, 6.45) is 3.28. The van der Waals surface area contributed by atoms with Gasteiger partial charge in [0.25, 0.3) is 5.91 Å². The molecule has 0 aliphatic rings. The van der Waals surface area contributed by atoms with Crippen molar-refractivity contribution < 1.29 is 29.0 Å². The van der Waals surface area contributed by atoms with Crippen molar-refractivity contribution in [2.24, 2.45) is 0 Å². The lowest BCUT2D eigenvalue weighted by atomic mass is 10.0. The van der Waals surface area contributed by atoms with Crippen molar-refractivity contribution in [2.45, 2.75) is 39.2 Å². The van der Waals surface area contributed by atoms with Gasteiger partial charge in [0.1, 0.15) is 23.1 Å². The van der Waals surface area contributed by atoms with Gasteiger partial charge < -0.3 is 29.7 Å². The van der Waals surface area contributed by atoms with Gasteiger partial charge >= 0.3 is 11.6 Å². The van der Waals surface area contributed by atoms with E-state index in [0.717, 1.165) is 29.3 Å². The Balaban J connectivity index is 1.47. The highest BCUT2D eigenvalue weighted by atomic mass is 16.5. The molecule has 0 spiro atoms. The number of carboxylic acids is 1. The van der Waals surface area contributed by atoms with Crippen LogP contribution < -0.4 is 15.7 Å². The largest absolute Gasteiger partial charge is 0.508 e. The van der Waals surface area contributed by atoms with Gasteiger partial charge in [-0.2, -0.15) is 0 Å². The van der Waals surface area contributed by atoms with Gasteiger partial charge in [-0.15, -0.1) is 0 Å². The topological polar surface area (TPSA) is 142 Å². The number of phenolic OH excluding ortho intramolecular Hbond substituents is 1. The molecule has 35 heavy (non-hydrogen) atoms. The van der Waals surface area contributed by atoms with Crippen LogP contribution in [0.3, 0.4) is 0 Å². The highest BCUT2D eigenvalue weighted by molar-refractivity contribution is 5.88. The third kappa shape index (κ3) is 5.13. The molecule has 4 N–H and O–H groups in total. The number of carbonyl (C=O) groups excluding carboxylic acids is 1. The third-order valence-corrected chi connectivity index (χ3v) is 5.88. The number of ether oxygens (including phenoxy) is 1. The Hall–Kier alpha value is -4.27. The minimum Gasteiger partial charge on any atom is -0.508 e. The molecule has 4 aromatic rings. The first-order valence-corrected chi connectivity index (χ1v) is 11.3. The molecule has 1 amide bonds. The van der Waals surface area contributed by atoms with Gasteiger partial charge in [0.2, 0.25) is 0 Å². The number of fused-ring (bicyclic) bond motifs is 2. The van der Waals surface area contributed by atoms with Crippen molar-refractivity contribution >= 4 is 33.7 Å². The summed E-state index contributed by atoms with van der Waals surface area (Å²) < 4.78 is 11.0. The summed E-state index contributed by atoms with van der Waals surface area (Å²) >= 11 is 0. The summed E-state index contributed by atoms with van der Waals surface area (Å²) in [7, 11) is 0. The molecule has 0 saturated heterocycles. The summed E-state index contributed by atoms with van der Waals surface area (Å²) in [5, 5.41) is 23.4. The Bertz CT molecular complexity index is 1470. The summed E-state index contributed by atoms with van der Waals surface area (Å²) in [4.78, 5) is 39.3. The van der Waals surface area contributed by atoms with Crippen LogP contribution in [0.15, 0.2) is 51.8 Å². The highest BCUT2D eigenvalue weighted by Crippen LogP contribution is 2.29. The predicted molar refractivity (Wildman–Crippen MR) is 130 cm³/mol. The van der Waals surface area contributed by atoms with Crippen molar-refractivity contribution in [2.75, 3.05) is 6.61 Å². The summed E-state index contributed by atoms with van der Waals surface area (Å²) in [5.74, 6) is -1.38. The van der Waals surface area contributed by atoms with Gasteiger partial charge in [-0.3, -0.25) is 4.79 Å². The summed E-state index contributed by atoms with van der Waals surface area (Å²) in [6.45, 7) is 3.35. The van der Waals surface area contributed by atoms with Crippen LogP contribution in [0.25, 0.3) is 21.9 Å². The molecular formula is C26H26N2O7. The molecule has 0 fully saturated rings. The smallest absolute Gasteiger partial charge is 0.336 e. The Kier molecular flexibility index (Phi) is 6.77. The van der Waals surface area contributed by atoms with Crippen LogP contribution in [0, 0.1) is 6.92 Å². The Morgan fingerprint density at radius 2 is 1.94 bits per heavy atom. The van der Waals surface area contributed by atoms with Gasteiger partial charge in [-0.1, -0.05) is 13.3 Å². The molecule has 0 aliphatic heterocycles. The lowest BCUT2D eigenvalue weighted by molar-refractivity contribution is -0.142. The molecule has 9 heteroatoms. The molecule has 1 unspecified atom stereocenters. The van der Waals surface area contributed by atoms with Crippen molar-refractivity contribution in [1.29, 1.82) is 0 Å². The summed E-state index contributed by atoms with van der Waals surface area (Å²) in [6, 6.07) is 8.54. The second kappa shape index (κ2) is 9.92. The molecule has 9 nitrogen and oxygen atoms in total. The molecule has 0 bridgehead atoms. The van der Waals surface area contributed by atoms with E-state index in [2.05, 4.69) is 10.3 Å². The maximum Gasteiger partial charge on any atom is 0.336 e. The second-order valence-electron chi connectivity index (χ2n) is 8.40. The molecule has 2 aromatic carbocycles. The molecule has 2 heterocycles. The first kappa shape index (κ1) is 23.9. The van der Waals surface area contributed by atoms with E-state index in [1.54, 1.807) is 31.3 Å². The van der Waals surface area contributed by atoms with Crippen LogP contribution in [0.5, 0.6) is 11.5 Å². The lowest BCUT2D eigenvalue weighted by Crippen LogP contribution is -2.44. The van der Waals surface area contributed by atoms with E-state index in [1.165, 1.54) is 18.2 Å². The number of aliphatic carboxylic acids is 1. The number of carbonyl (C=O) groups is 2. The van der Waals surface area contributed by atoms with E-state index in [4.69, 9.17) is 9.15 Å². The molecular weight excluding hydrogens is 452 g/mol. The fraction of sp³-hybridized carbons (Fsp3) is 0.269. The quantitative estimate of drug-likeness (QED) is 0.270. The van der Waals surface area contributed by atoms with Crippen LogP contribution in [-0.2, 0) is 22.4 Å². The molecule has 4 rings (SSSR count). The zero-order valence-corrected chi connectivity index (χ0v) is 19.4. The van der Waals surface area contributed by atoms with E-state index >= 15 is 0 Å². The Labute approximate surface area is 200 Å². The van der Waals surface area contributed by atoms with Crippen molar-refractivity contribution in [1.82, 2.24) is 10.3 Å². The number of aromatic hydroxyl groups is 1. The van der Waals surface area contributed by atoms with Crippen LogP contribution in [-0.4, -0.2) is 39.7 Å². The number of aromatic amines is 1. The van der Waals surface area contributed by atoms with Crippen LogP contribution in [0.4, 0.5) is 0 Å². The van der Waals surface area contributed by atoms with Crippen LogP contribution in [0.2, 0.25) is 0 Å². The number of amides is 1. The number of nitrogens with one attached hydrogen (secondary N) is 2. The second-order valence-corrected chi connectivity index (χ2v) is 8.40. The summed E-state index contributed by atoms with van der Waals surface area (Å²) in [5.41, 5.74) is 2.82. The first-order chi connectivity index (χ1) is 16.8. The average molecular weight is 479 g/mol. The van der Waals surface area contributed by atoms with Crippen LogP contribution >= 0.6 is 0 Å². The number of benzene rings is 2. The SMILES string of the molecule is CCCc1cc(=O)oc2c(C)c(OCC(=O)NC(Cc3c[nH]c4ccc(O)cc34)C(=O)O)ccc12. The van der Waals surface area contributed by atoms with Crippen molar-refractivity contribution in [3.63, 3.8) is 0 Å². The van der Waals surface area contributed by atoms with Gasteiger partial charge in [0, 0.05) is 40.5 Å². The maximum atomic E-state index is 12.5. The monoisotopic (exact) mass is 478 g/mol. The average Bonchev–Trinajstić information content (AvgIpc) is 3.20. The van der Waals surface area contributed by atoms with Gasteiger partial charge in [0.15, 0.2) is 6.61 Å². The number of rotatable bonds is 9. The number of hydrogen-bond acceptors (Lipinski definition) is 6. The third-order valence-electron chi connectivity index (χ3n) is 5.88. The molecule has 0 saturated carbocycles. The lowest BCUT2D eigenvalue weighted by Gasteiger charge is -2.16. The number of carboxylic acid groups (broad SMARTS) is 1. The number of H-pyrrole nitrogens is 1. The number of phenols is 1. The zero-order valence-electron chi connectivity index (χ0n) is 19.4. The van der Waals surface area contributed by atoms with E-state index in [1.807, 2.05) is 6.92 Å². The minimum absolute atomic E-state index is 0.0187. The molecule has 0 radical (unpaired) electrons. The van der Waals surface area contributed by atoms with Crippen molar-refractivity contribution in [3.05, 3.63) is 69.7 Å². The molecule has 0 aliphatic carbocycles. The van der Waals surface area contributed by atoms with Gasteiger partial charge in [-0.05, 0) is 54.8 Å². The number of aryl methyl sites for hydroxylation is 2. The fourth-order valence-corrected chi connectivity index (χ4v) is 4.18. The minimum atomic E-state index is -1.19. The van der Waals surface area contributed by atoms with Gasteiger partial charge in [-0.25, -0.2) is 9.59 Å². The van der Waals surface area contributed by atoms with Crippen LogP contribution in [0.1, 0.15) is 30.0 Å². The maximum absolute atomic E-state index is 12.5. The van der Waals surface area contributed by atoms with Gasteiger partial charge in [0.05, 0.1) is 0 Å². The van der Waals surface area contributed by atoms with E-state index in [9.17, 15) is 24.6 Å². The first-order valence-electron chi connectivity index (χ1n) is 11.3. The predicted octanol–water partition coefficient (Wildman–Crippen LogP) is 3.43. The Morgan fingerprint density at radius 3 is 2.69 bits per heavy atom. The molecule has 2 aromatic heterocycles. The molecule has 1 atom stereocenters. The van der Waals surface area contributed by atoms with E-state index in [0.29, 0.717) is 27.8 Å². The number of hydrogen-bond donors (Lipinski definition) is 4. The normalized spacial score (nSPS) is 12.1. The fourth-order valence-electron chi connectivity index (χ4n) is 4.18. The van der Waals surface area contributed by atoms with E-state index < -0.39 is 30.2 Å². The Morgan fingerprint density at radius 1 is 1.14 bits per heavy atom. The van der Waals surface area contributed by atoms with Crippen molar-refractivity contribution in [3.8, 4) is 11.5 Å². The van der Waals surface area contributed by atoms with E-state index in [-0.39, 0.29) is 12.2 Å². The highest BCUT2D eigenvalue weighted by Gasteiger charge is 2.22. The standard InChI is InChI=1S/C26H26N2O7/c1-3-4-15-10-24(31)35-25-14(2)22(8-6-18(15)25)34-13-23(30)28-21(26(32)33)9-16-12-27-20-7-5-17(29)11-19(16)20/h5-8,10-12,21,27,29H,3-4,9,13H2,1-2H3,(H,28,30)(H,32,33). The molecule has 182 valence electrons.